The van der Waals surface area contributed by atoms with Crippen LogP contribution in [0.1, 0.15) is 13.8 Å². The summed E-state index contributed by atoms with van der Waals surface area (Å²) in [5.41, 5.74) is 0. The summed E-state index contributed by atoms with van der Waals surface area (Å²) in [6.07, 6.45) is -1.29. The minimum atomic E-state index is -1.29. The first-order chi connectivity index (χ1) is 4.52. The monoisotopic (exact) mass is 194 g/mol. The van der Waals surface area contributed by atoms with E-state index in [0.717, 1.165) is 13.8 Å². The Morgan fingerprint density at radius 2 is 1.08 bits per heavy atom. The van der Waals surface area contributed by atoms with E-state index < -0.39 is 18.1 Å². The van der Waals surface area contributed by atoms with Crippen molar-refractivity contribution >= 4 is 77.2 Å². The minimum absolute atomic E-state index is 0. The summed E-state index contributed by atoms with van der Waals surface area (Å²) in [7, 11) is 0. The molecule has 0 N–H and O–H groups in total. The maximum absolute atomic E-state index is 10.2. The van der Waals surface area contributed by atoms with Gasteiger partial charge in [0.2, 0.25) is 0 Å². The summed E-state index contributed by atoms with van der Waals surface area (Å²) < 4.78 is 7.68. The van der Waals surface area contributed by atoms with Crippen molar-refractivity contribution in [2.24, 2.45) is 0 Å². The van der Waals surface area contributed by atoms with Crippen LogP contribution in [0.25, 0.3) is 0 Å². The van der Waals surface area contributed by atoms with Gasteiger partial charge in [0.15, 0.2) is 0 Å². The van der Waals surface area contributed by atoms with Crippen molar-refractivity contribution in [1.82, 2.24) is 0 Å². The molecule has 0 aliphatic heterocycles. The Labute approximate surface area is 114 Å². The first kappa shape index (κ1) is 18.4. The second-order valence-electron chi connectivity index (χ2n) is 1.44. The Kier molecular flexibility index (Phi) is 14.9. The van der Waals surface area contributed by atoms with Crippen LogP contribution in [0.15, 0.2) is 0 Å². The van der Waals surface area contributed by atoms with E-state index in [-0.39, 0.29) is 59.1 Å². The molecule has 5 nitrogen and oxygen atoms in total. The molecule has 0 unspecified atom stereocenters. The molecule has 0 fully saturated rings. The predicted octanol–water partition coefficient (Wildman–Crippen LogP) is -1.06. The zero-order valence-electron chi connectivity index (χ0n) is 5.54. The Morgan fingerprint density at radius 3 is 1.25 bits per heavy atom. The molecular weight excluding hydrogens is 186 g/mol. The van der Waals surface area contributed by atoms with E-state index >= 15 is 0 Å². The molecule has 0 radical (unpaired) electrons. The average molecular weight is 194 g/mol. The first-order valence-corrected chi connectivity index (χ1v) is 2.43. The number of carbonyl (C=O) groups excluding carboxylic acids is 3. The first-order valence-electron chi connectivity index (χ1n) is 2.43. The van der Waals surface area contributed by atoms with Gasteiger partial charge in [-0.15, -0.1) is 0 Å². The number of rotatable bonds is 0. The zero-order chi connectivity index (χ0) is 8.15. The standard InChI is InChI=1S/C5H6O5.2Na.2H/c1-3(6)9-5(8)10-4(2)7;;;;/h1-2H3;;;;. The van der Waals surface area contributed by atoms with E-state index in [1.165, 1.54) is 0 Å². The van der Waals surface area contributed by atoms with Crippen molar-refractivity contribution in [3.63, 3.8) is 0 Å². The maximum atomic E-state index is 10.2. The van der Waals surface area contributed by atoms with Crippen LogP contribution in [0.5, 0.6) is 0 Å². The molecule has 12 heavy (non-hydrogen) atoms. The molecule has 0 saturated carbocycles. The molecule has 0 saturated heterocycles. The summed E-state index contributed by atoms with van der Waals surface area (Å²) in [6.45, 7) is 2.06. The van der Waals surface area contributed by atoms with E-state index in [1.807, 2.05) is 0 Å². The Hall–Kier alpha value is 0.610. The van der Waals surface area contributed by atoms with Crippen molar-refractivity contribution < 1.29 is 23.9 Å². The molecule has 0 aromatic rings. The van der Waals surface area contributed by atoms with Crippen LogP contribution in [-0.2, 0) is 19.1 Å². The molecule has 0 amide bonds. The fourth-order valence-corrected chi connectivity index (χ4v) is 0.256. The van der Waals surface area contributed by atoms with E-state index in [2.05, 4.69) is 9.47 Å². The third kappa shape index (κ3) is 13.2. The van der Waals surface area contributed by atoms with Crippen LogP contribution in [0.2, 0.25) is 0 Å². The molecule has 0 rings (SSSR count). The molecule has 0 spiro atoms. The van der Waals surface area contributed by atoms with Crippen molar-refractivity contribution in [2.75, 3.05) is 0 Å². The van der Waals surface area contributed by atoms with Gasteiger partial charge in [-0.05, 0) is 0 Å². The molecule has 0 bridgehead atoms. The molecule has 0 aliphatic rings. The van der Waals surface area contributed by atoms with E-state index in [0.29, 0.717) is 0 Å². The Bertz CT molecular complexity index is 161. The summed E-state index contributed by atoms with van der Waals surface area (Å²) in [5.74, 6) is -1.63. The SMILES string of the molecule is CC(=O)OC(=O)OC(C)=O.[NaH].[NaH]. The second kappa shape index (κ2) is 9.70. The second-order valence-corrected chi connectivity index (χ2v) is 1.44. The van der Waals surface area contributed by atoms with E-state index in [9.17, 15) is 14.4 Å². The van der Waals surface area contributed by atoms with Crippen LogP contribution in [0.3, 0.4) is 0 Å². The van der Waals surface area contributed by atoms with Crippen molar-refractivity contribution in [2.45, 2.75) is 13.8 Å². The number of carbonyl (C=O) groups is 3. The van der Waals surface area contributed by atoms with Gasteiger partial charge in [-0.25, -0.2) is 4.79 Å². The summed E-state index contributed by atoms with van der Waals surface area (Å²) in [4.78, 5) is 30.2. The molecular formula is C5H8Na2O5. The van der Waals surface area contributed by atoms with Gasteiger partial charge < -0.3 is 9.47 Å². The molecule has 0 heterocycles. The predicted molar refractivity (Wildman–Crippen MR) is 43.2 cm³/mol. The number of esters is 2. The molecule has 0 aromatic heterocycles. The fourth-order valence-electron chi connectivity index (χ4n) is 0.256. The molecule has 0 aromatic carbocycles. The van der Waals surface area contributed by atoms with Crippen LogP contribution in [-0.4, -0.2) is 77.2 Å². The Balaban J connectivity index is -0.000000405. The van der Waals surface area contributed by atoms with Crippen molar-refractivity contribution in [3.05, 3.63) is 0 Å². The fraction of sp³-hybridized carbons (Fsp3) is 0.400. The van der Waals surface area contributed by atoms with Gasteiger partial charge in [0, 0.05) is 13.8 Å². The van der Waals surface area contributed by atoms with Gasteiger partial charge in [-0.1, -0.05) is 0 Å². The topological polar surface area (TPSA) is 69.7 Å². The van der Waals surface area contributed by atoms with Crippen LogP contribution in [0, 0.1) is 0 Å². The third-order valence-corrected chi connectivity index (χ3v) is 0.454. The zero-order valence-corrected chi connectivity index (χ0v) is 5.54. The summed E-state index contributed by atoms with van der Waals surface area (Å²) in [6, 6.07) is 0. The third-order valence-electron chi connectivity index (χ3n) is 0.454. The quantitative estimate of drug-likeness (QED) is 0.279. The molecule has 0 aliphatic carbocycles. The van der Waals surface area contributed by atoms with Gasteiger partial charge >= 0.3 is 77.2 Å². The van der Waals surface area contributed by atoms with Crippen LogP contribution >= 0.6 is 0 Å². The van der Waals surface area contributed by atoms with E-state index in [1.54, 1.807) is 0 Å². The normalized spacial score (nSPS) is 6.83. The number of hydrogen-bond acceptors (Lipinski definition) is 5. The summed E-state index contributed by atoms with van der Waals surface area (Å²) >= 11 is 0. The Morgan fingerprint density at radius 1 is 0.833 bits per heavy atom. The van der Waals surface area contributed by atoms with E-state index in [4.69, 9.17) is 0 Å². The molecule has 60 valence electrons. The molecule has 0 atom stereocenters. The van der Waals surface area contributed by atoms with Gasteiger partial charge in [-0.3, -0.25) is 9.59 Å². The van der Waals surface area contributed by atoms with Gasteiger partial charge in [0.1, 0.15) is 0 Å². The van der Waals surface area contributed by atoms with Crippen molar-refractivity contribution in [3.8, 4) is 0 Å². The van der Waals surface area contributed by atoms with Crippen LogP contribution in [0.4, 0.5) is 4.79 Å². The number of ether oxygens (including phenoxy) is 2. The van der Waals surface area contributed by atoms with Gasteiger partial charge in [0.25, 0.3) is 0 Å². The van der Waals surface area contributed by atoms with Gasteiger partial charge in [-0.2, -0.15) is 0 Å². The average Bonchev–Trinajstić information content (AvgIpc) is 1.58. The van der Waals surface area contributed by atoms with Gasteiger partial charge in [0.05, 0.1) is 0 Å². The van der Waals surface area contributed by atoms with Crippen molar-refractivity contribution in [1.29, 1.82) is 0 Å². The molecule has 7 heteroatoms. The number of hydrogen-bond donors (Lipinski definition) is 0. The van der Waals surface area contributed by atoms with Crippen LogP contribution < -0.4 is 0 Å². The summed E-state index contributed by atoms with van der Waals surface area (Å²) in [5, 5.41) is 0.